The normalized spacial score (nSPS) is 38.8. The van der Waals surface area contributed by atoms with Crippen molar-refractivity contribution in [2.24, 2.45) is 17.6 Å². The third-order valence-corrected chi connectivity index (χ3v) is 5.48. The highest BCUT2D eigenvalue weighted by Gasteiger charge is 2.33. The fourth-order valence-corrected chi connectivity index (χ4v) is 4.20. The summed E-state index contributed by atoms with van der Waals surface area (Å²) in [5, 5.41) is 0. The molecule has 3 unspecified atom stereocenters. The highest BCUT2D eigenvalue weighted by Crippen LogP contribution is 2.32. The van der Waals surface area contributed by atoms with E-state index in [0.29, 0.717) is 12.0 Å². The van der Waals surface area contributed by atoms with Gasteiger partial charge in [0.25, 0.3) is 0 Å². The Morgan fingerprint density at radius 3 is 2.62 bits per heavy atom. The van der Waals surface area contributed by atoms with E-state index in [9.17, 15) is 4.21 Å². The molecule has 2 fully saturated rings. The summed E-state index contributed by atoms with van der Waals surface area (Å²) >= 11 is 0. The van der Waals surface area contributed by atoms with Crippen LogP contribution < -0.4 is 5.73 Å². The lowest BCUT2D eigenvalue weighted by atomic mass is 9.78. The van der Waals surface area contributed by atoms with Gasteiger partial charge < -0.3 is 5.73 Å². The van der Waals surface area contributed by atoms with E-state index in [1.54, 1.807) is 0 Å². The molecule has 0 aromatic carbocycles. The van der Waals surface area contributed by atoms with Gasteiger partial charge in [0.15, 0.2) is 0 Å². The highest BCUT2D eigenvalue weighted by molar-refractivity contribution is 7.85. The van der Waals surface area contributed by atoms with E-state index in [0.717, 1.165) is 37.1 Å². The summed E-state index contributed by atoms with van der Waals surface area (Å²) < 4.78 is 11.4. The summed E-state index contributed by atoms with van der Waals surface area (Å²) in [7, 11) is -0.560. The molecule has 2 rings (SSSR count). The third kappa shape index (κ3) is 2.84. The van der Waals surface area contributed by atoms with E-state index in [2.05, 4.69) is 11.8 Å². The van der Waals surface area contributed by atoms with Crippen molar-refractivity contribution in [3.63, 3.8) is 0 Å². The summed E-state index contributed by atoms with van der Waals surface area (Å²) in [6, 6.07) is 0.658. The van der Waals surface area contributed by atoms with Crippen molar-refractivity contribution in [2.75, 3.05) is 31.1 Å². The van der Waals surface area contributed by atoms with Crippen molar-refractivity contribution in [3.05, 3.63) is 0 Å². The first kappa shape index (κ1) is 12.5. The SMILES string of the molecule is CC1CCC(CN)C(N2CCS(=O)CC2)C1. The molecule has 3 nitrogen and oxygen atoms in total. The molecule has 0 radical (unpaired) electrons. The zero-order valence-corrected chi connectivity index (χ0v) is 11.0. The number of nitrogens with two attached hydrogens (primary N) is 1. The molecule has 0 spiro atoms. The van der Waals surface area contributed by atoms with Crippen LogP contribution in [-0.2, 0) is 10.8 Å². The molecule has 4 heteroatoms. The van der Waals surface area contributed by atoms with Gasteiger partial charge in [-0.3, -0.25) is 9.11 Å². The molecule has 2 aliphatic rings. The molecule has 2 N–H and O–H groups in total. The van der Waals surface area contributed by atoms with Gasteiger partial charge in [0.1, 0.15) is 0 Å². The van der Waals surface area contributed by atoms with E-state index in [-0.39, 0.29) is 0 Å². The molecule has 3 atom stereocenters. The average Bonchev–Trinajstić information content (AvgIpc) is 2.30. The van der Waals surface area contributed by atoms with Crippen molar-refractivity contribution in [1.29, 1.82) is 0 Å². The Hall–Kier alpha value is 0.0700. The van der Waals surface area contributed by atoms with Gasteiger partial charge in [-0.1, -0.05) is 13.3 Å². The Kier molecular flexibility index (Phi) is 4.39. The van der Waals surface area contributed by atoms with Crippen LogP contribution in [0.4, 0.5) is 0 Å². The second kappa shape index (κ2) is 5.61. The van der Waals surface area contributed by atoms with Gasteiger partial charge in [0.2, 0.25) is 0 Å². The molecule has 94 valence electrons. The predicted octanol–water partition coefficient (Wildman–Crippen LogP) is 0.814. The molecule has 0 bridgehead atoms. The first-order valence-electron chi connectivity index (χ1n) is 6.49. The monoisotopic (exact) mass is 244 g/mol. The minimum atomic E-state index is -0.560. The summed E-state index contributed by atoms with van der Waals surface area (Å²) in [5.74, 6) is 3.23. The molecular formula is C12H24N2OS. The minimum Gasteiger partial charge on any atom is -0.330 e. The fourth-order valence-electron chi connectivity index (χ4n) is 3.12. The molecule has 0 aromatic rings. The second-order valence-corrected chi connectivity index (χ2v) is 7.06. The molecule has 1 saturated heterocycles. The van der Waals surface area contributed by atoms with Crippen LogP contribution in [0, 0.1) is 11.8 Å². The largest absolute Gasteiger partial charge is 0.330 e. The Labute approximate surface area is 101 Å². The van der Waals surface area contributed by atoms with Crippen LogP contribution in [0.25, 0.3) is 0 Å². The van der Waals surface area contributed by atoms with Crippen LogP contribution in [0.2, 0.25) is 0 Å². The summed E-state index contributed by atoms with van der Waals surface area (Å²) in [4.78, 5) is 2.55. The van der Waals surface area contributed by atoms with Crippen molar-refractivity contribution in [3.8, 4) is 0 Å². The predicted molar refractivity (Wildman–Crippen MR) is 68.8 cm³/mol. The number of rotatable bonds is 2. The lowest BCUT2D eigenvalue weighted by Crippen LogP contribution is -2.51. The Balaban J connectivity index is 1.96. The molecule has 16 heavy (non-hydrogen) atoms. The van der Waals surface area contributed by atoms with E-state index in [4.69, 9.17) is 5.73 Å². The lowest BCUT2D eigenvalue weighted by Gasteiger charge is -2.43. The van der Waals surface area contributed by atoms with Crippen LogP contribution in [0.5, 0.6) is 0 Å². The fraction of sp³-hybridized carbons (Fsp3) is 1.00. The van der Waals surface area contributed by atoms with Crippen molar-refractivity contribution in [1.82, 2.24) is 4.90 Å². The summed E-state index contributed by atoms with van der Waals surface area (Å²) in [5.41, 5.74) is 5.89. The molecule has 1 heterocycles. The van der Waals surface area contributed by atoms with Crippen molar-refractivity contribution in [2.45, 2.75) is 32.2 Å². The number of hydrogen-bond acceptors (Lipinski definition) is 3. The van der Waals surface area contributed by atoms with Crippen LogP contribution >= 0.6 is 0 Å². The molecule has 1 aliphatic carbocycles. The van der Waals surface area contributed by atoms with Crippen LogP contribution in [0.3, 0.4) is 0 Å². The maximum atomic E-state index is 11.4. The van der Waals surface area contributed by atoms with Crippen LogP contribution in [0.1, 0.15) is 26.2 Å². The van der Waals surface area contributed by atoms with Gasteiger partial charge in [-0.25, -0.2) is 0 Å². The number of hydrogen-bond donors (Lipinski definition) is 1. The quantitative estimate of drug-likeness (QED) is 0.782. The average molecular weight is 244 g/mol. The first-order valence-corrected chi connectivity index (χ1v) is 7.98. The lowest BCUT2D eigenvalue weighted by molar-refractivity contribution is 0.0941. The minimum absolute atomic E-state index is 0.560. The molecular weight excluding hydrogens is 220 g/mol. The molecule has 1 aliphatic heterocycles. The smallest absolute Gasteiger partial charge is 0.0363 e. The van der Waals surface area contributed by atoms with E-state index < -0.39 is 10.8 Å². The van der Waals surface area contributed by atoms with Gasteiger partial charge in [-0.05, 0) is 31.2 Å². The maximum Gasteiger partial charge on any atom is 0.0363 e. The van der Waals surface area contributed by atoms with Gasteiger partial charge in [-0.2, -0.15) is 0 Å². The van der Waals surface area contributed by atoms with Crippen LogP contribution in [-0.4, -0.2) is 46.3 Å². The Morgan fingerprint density at radius 1 is 1.31 bits per heavy atom. The molecule has 0 amide bonds. The summed E-state index contributed by atoms with van der Waals surface area (Å²) in [6.07, 6.45) is 3.90. The Bertz CT molecular complexity index is 249. The van der Waals surface area contributed by atoms with Crippen molar-refractivity contribution < 1.29 is 4.21 Å². The summed E-state index contributed by atoms with van der Waals surface area (Å²) in [6.45, 7) is 5.19. The topological polar surface area (TPSA) is 46.3 Å². The Morgan fingerprint density at radius 2 is 2.00 bits per heavy atom. The second-order valence-electron chi connectivity index (χ2n) is 5.37. The van der Waals surface area contributed by atoms with Crippen LogP contribution in [0.15, 0.2) is 0 Å². The van der Waals surface area contributed by atoms with Crippen molar-refractivity contribution >= 4 is 10.8 Å². The first-order chi connectivity index (χ1) is 7.70. The van der Waals surface area contributed by atoms with Gasteiger partial charge >= 0.3 is 0 Å². The molecule has 1 saturated carbocycles. The number of nitrogens with zero attached hydrogens (tertiary/aromatic N) is 1. The molecule has 0 aromatic heterocycles. The standard InChI is InChI=1S/C12H24N2OS/c1-10-2-3-11(9-13)12(8-10)14-4-6-16(15)7-5-14/h10-12H,2-9,13H2,1H3. The third-order valence-electron chi connectivity index (χ3n) is 4.20. The van der Waals surface area contributed by atoms with E-state index in [1.807, 2.05) is 0 Å². The zero-order chi connectivity index (χ0) is 11.5. The maximum absolute atomic E-state index is 11.4. The van der Waals surface area contributed by atoms with Gasteiger partial charge in [0.05, 0.1) is 0 Å². The zero-order valence-electron chi connectivity index (χ0n) is 10.2. The van der Waals surface area contributed by atoms with E-state index in [1.165, 1.54) is 19.3 Å². The van der Waals surface area contributed by atoms with E-state index >= 15 is 0 Å². The van der Waals surface area contributed by atoms with Gasteiger partial charge in [0, 0.05) is 41.4 Å². The van der Waals surface area contributed by atoms with Gasteiger partial charge in [-0.15, -0.1) is 0 Å². The highest BCUT2D eigenvalue weighted by atomic mass is 32.2.